The number of hydrogen-bond acceptors (Lipinski definition) is 0. The molecule has 0 heterocycles. The molecule has 0 amide bonds. The van der Waals surface area contributed by atoms with E-state index in [0.29, 0.717) is 10.8 Å². The molecule has 6 saturated carbocycles. The van der Waals surface area contributed by atoms with Gasteiger partial charge in [-0.25, -0.2) is 0 Å². The standard InChI is InChI=1S/C50H92Si/c1-12-14-30-51(31-15-13-2,47-35(5)32-45-40(18-16-20-42(45)47)36-22-26-38(27-23-36)49(6,7)8)48-43-21-17-19-41(46(43)33-44(48)34(3)4)37-24-28-39(29-25-37)50(9,10)11/h34-48H,12-33H2,1-11H3/t35?,36?,37?,38?,39?,40-,41-,42?,43?,44?,45?,46?,47?,48?/m0/s1. The number of hydrogen-bond donors (Lipinski definition) is 0. The highest BCUT2D eigenvalue weighted by molar-refractivity contribution is 6.83. The summed E-state index contributed by atoms with van der Waals surface area (Å²) >= 11 is 0. The van der Waals surface area contributed by atoms with E-state index < -0.39 is 8.07 Å². The van der Waals surface area contributed by atoms with Gasteiger partial charge in [-0.1, -0.05) is 140 Å². The Kier molecular flexibility index (Phi) is 13.4. The SMILES string of the molecule is CCCC[Si](CCCC)(C1C(C)CC2C1CCC[C@H]2C1CCC(C(C)(C)C)CC1)C1C(C(C)C)CC2C1CCC[C@H]2C1CCC(C(C)(C)C)CC1. The minimum Gasteiger partial charge on any atom is -0.0654 e. The third-order valence-electron chi connectivity index (χ3n) is 18.9. The van der Waals surface area contributed by atoms with E-state index in [2.05, 4.69) is 76.2 Å². The molecule has 0 bridgehead atoms. The smallest absolute Gasteiger partial charge is 0.0609 e. The van der Waals surface area contributed by atoms with Crippen molar-refractivity contribution in [1.82, 2.24) is 0 Å². The lowest BCUT2D eigenvalue weighted by molar-refractivity contribution is 0.0618. The normalized spacial score (nSPS) is 42.6. The van der Waals surface area contributed by atoms with E-state index >= 15 is 0 Å². The van der Waals surface area contributed by atoms with E-state index in [9.17, 15) is 0 Å². The van der Waals surface area contributed by atoms with Crippen molar-refractivity contribution in [3.05, 3.63) is 0 Å². The molecule has 0 aromatic carbocycles. The van der Waals surface area contributed by atoms with Crippen LogP contribution in [0.15, 0.2) is 0 Å². The minimum absolute atomic E-state index is 0.505. The van der Waals surface area contributed by atoms with Crippen molar-refractivity contribution in [3.63, 3.8) is 0 Å². The van der Waals surface area contributed by atoms with E-state index in [1.54, 1.807) is 102 Å². The molecule has 51 heavy (non-hydrogen) atoms. The van der Waals surface area contributed by atoms with Crippen LogP contribution in [0, 0.1) is 87.8 Å². The van der Waals surface area contributed by atoms with Crippen LogP contribution in [0.4, 0.5) is 0 Å². The van der Waals surface area contributed by atoms with Crippen LogP contribution in [0.25, 0.3) is 0 Å². The zero-order valence-corrected chi connectivity index (χ0v) is 37.7. The van der Waals surface area contributed by atoms with Gasteiger partial charge in [-0.3, -0.25) is 0 Å². The minimum atomic E-state index is -1.61. The molecule has 6 aliphatic rings. The third-order valence-corrected chi connectivity index (χ3v) is 26.0. The molecule has 8 unspecified atom stereocenters. The maximum atomic E-state index is 2.87. The Labute approximate surface area is 322 Å². The highest BCUT2D eigenvalue weighted by Gasteiger charge is 2.64. The van der Waals surface area contributed by atoms with E-state index in [1.807, 2.05) is 0 Å². The van der Waals surface area contributed by atoms with Gasteiger partial charge < -0.3 is 0 Å². The molecular weight excluding hydrogens is 629 g/mol. The predicted molar refractivity (Wildman–Crippen MR) is 228 cm³/mol. The van der Waals surface area contributed by atoms with E-state index in [0.717, 1.165) is 88.0 Å². The van der Waals surface area contributed by atoms with Crippen LogP contribution >= 0.6 is 0 Å². The first-order chi connectivity index (χ1) is 24.2. The van der Waals surface area contributed by atoms with Gasteiger partial charge in [0.25, 0.3) is 0 Å². The number of fused-ring (bicyclic) bond motifs is 2. The Bertz CT molecular complexity index is 1050. The maximum absolute atomic E-state index is 2.87. The van der Waals surface area contributed by atoms with Crippen molar-refractivity contribution >= 4 is 8.07 Å². The largest absolute Gasteiger partial charge is 0.0654 e. The van der Waals surface area contributed by atoms with Crippen LogP contribution in [-0.2, 0) is 0 Å². The van der Waals surface area contributed by atoms with Crippen LogP contribution in [-0.4, -0.2) is 8.07 Å². The van der Waals surface area contributed by atoms with Crippen LogP contribution in [0.5, 0.6) is 0 Å². The van der Waals surface area contributed by atoms with E-state index in [-0.39, 0.29) is 0 Å². The van der Waals surface area contributed by atoms with Crippen LogP contribution < -0.4 is 0 Å². The van der Waals surface area contributed by atoms with E-state index in [4.69, 9.17) is 0 Å². The van der Waals surface area contributed by atoms with Gasteiger partial charge in [0.15, 0.2) is 0 Å². The fourth-order valence-electron chi connectivity index (χ4n) is 16.6. The molecule has 0 aromatic heterocycles. The van der Waals surface area contributed by atoms with Gasteiger partial charge in [-0.2, -0.15) is 0 Å². The molecule has 0 nitrogen and oxygen atoms in total. The van der Waals surface area contributed by atoms with Crippen molar-refractivity contribution < 1.29 is 0 Å². The monoisotopic (exact) mass is 721 g/mol. The first kappa shape index (κ1) is 40.9. The van der Waals surface area contributed by atoms with Crippen molar-refractivity contribution in [2.75, 3.05) is 0 Å². The Balaban J connectivity index is 1.31. The summed E-state index contributed by atoms with van der Waals surface area (Å²) in [5.41, 5.74) is 3.29. The number of unbranched alkanes of at least 4 members (excludes halogenated alkanes) is 2. The highest BCUT2D eigenvalue weighted by atomic mass is 28.3. The summed E-state index contributed by atoms with van der Waals surface area (Å²) in [7, 11) is -1.61. The average Bonchev–Trinajstić information content (AvgIpc) is 3.67. The van der Waals surface area contributed by atoms with E-state index in [1.165, 1.54) is 38.5 Å². The zero-order valence-electron chi connectivity index (χ0n) is 36.7. The van der Waals surface area contributed by atoms with Crippen LogP contribution in [0.2, 0.25) is 23.2 Å². The molecule has 1 heteroatoms. The van der Waals surface area contributed by atoms with Gasteiger partial charge in [0.1, 0.15) is 0 Å². The molecule has 10 atom stereocenters. The molecule has 6 aliphatic carbocycles. The quantitative estimate of drug-likeness (QED) is 0.186. The van der Waals surface area contributed by atoms with Gasteiger partial charge in [0, 0.05) is 0 Å². The molecule has 6 rings (SSSR count). The van der Waals surface area contributed by atoms with Crippen molar-refractivity contribution in [2.24, 2.45) is 87.8 Å². The summed E-state index contributed by atoms with van der Waals surface area (Å²) in [6, 6.07) is 3.42. The Morgan fingerprint density at radius 1 is 0.510 bits per heavy atom. The van der Waals surface area contributed by atoms with Crippen molar-refractivity contribution in [2.45, 2.75) is 228 Å². The summed E-state index contributed by atoms with van der Waals surface area (Å²) in [4.78, 5) is 0. The fraction of sp³-hybridized carbons (Fsp3) is 1.00. The topological polar surface area (TPSA) is 0 Å². The molecule has 0 aromatic rings. The summed E-state index contributed by atoms with van der Waals surface area (Å²) in [6.07, 6.45) is 31.1. The summed E-state index contributed by atoms with van der Waals surface area (Å²) < 4.78 is 0. The second kappa shape index (κ2) is 16.8. The first-order valence-electron chi connectivity index (χ1n) is 24.2. The van der Waals surface area contributed by atoms with Crippen molar-refractivity contribution in [3.8, 4) is 0 Å². The molecule has 6 fully saturated rings. The highest BCUT2D eigenvalue weighted by Crippen LogP contribution is 2.70. The second-order valence-corrected chi connectivity index (χ2v) is 28.4. The summed E-state index contributed by atoms with van der Waals surface area (Å²) in [6.45, 7) is 28.5. The molecular formula is C50H92Si. The molecule has 0 N–H and O–H groups in total. The Morgan fingerprint density at radius 3 is 1.33 bits per heavy atom. The molecule has 0 spiro atoms. The number of rotatable bonds is 11. The lowest BCUT2D eigenvalue weighted by atomic mass is 9.61. The fourth-order valence-corrected chi connectivity index (χ4v) is 25.8. The van der Waals surface area contributed by atoms with Crippen LogP contribution in [0.3, 0.4) is 0 Å². The molecule has 0 saturated heterocycles. The molecule has 0 aliphatic heterocycles. The van der Waals surface area contributed by atoms with Crippen LogP contribution in [0.1, 0.15) is 205 Å². The third kappa shape index (κ3) is 8.35. The van der Waals surface area contributed by atoms with Gasteiger partial charge in [-0.05, 0) is 176 Å². The van der Waals surface area contributed by atoms with Gasteiger partial charge in [0.05, 0.1) is 8.07 Å². The van der Waals surface area contributed by atoms with Gasteiger partial charge in [0.2, 0.25) is 0 Å². The Hall–Kier alpha value is 0.217. The average molecular weight is 721 g/mol. The van der Waals surface area contributed by atoms with Gasteiger partial charge in [-0.15, -0.1) is 0 Å². The molecule has 296 valence electrons. The molecule has 0 radical (unpaired) electrons. The lowest BCUT2D eigenvalue weighted by Crippen LogP contribution is -2.53. The maximum Gasteiger partial charge on any atom is 0.0609 e. The predicted octanol–water partition coefficient (Wildman–Crippen LogP) is 16.3. The summed E-state index contributed by atoms with van der Waals surface area (Å²) in [5, 5.41) is 0. The summed E-state index contributed by atoms with van der Waals surface area (Å²) in [5.74, 6) is 13.4. The van der Waals surface area contributed by atoms with Gasteiger partial charge >= 0.3 is 0 Å². The second-order valence-electron chi connectivity index (χ2n) is 23.6. The zero-order chi connectivity index (χ0) is 36.7. The van der Waals surface area contributed by atoms with Crippen molar-refractivity contribution in [1.29, 1.82) is 0 Å². The Morgan fingerprint density at radius 2 is 0.922 bits per heavy atom. The first-order valence-corrected chi connectivity index (χ1v) is 26.8. The lowest BCUT2D eigenvalue weighted by Gasteiger charge is -2.54.